The highest BCUT2D eigenvalue weighted by molar-refractivity contribution is 5.97. The predicted octanol–water partition coefficient (Wildman–Crippen LogP) is -0.395. The molecule has 6 atom stereocenters. The molecule has 3 aromatic rings. The van der Waals surface area contributed by atoms with Crippen molar-refractivity contribution in [1.29, 1.82) is 0 Å². The topological polar surface area (TPSA) is 361 Å². The number of aliphatic imine (C=N–C) groups is 1. The van der Waals surface area contributed by atoms with Crippen LogP contribution >= 0.6 is 0 Å². The largest absolute Gasteiger partial charge is 0.480 e. The van der Waals surface area contributed by atoms with Crippen LogP contribution in [0.1, 0.15) is 88.7 Å². The number of H-pyrrole nitrogens is 1. The molecule has 1 aliphatic carbocycles. The van der Waals surface area contributed by atoms with E-state index in [4.69, 9.17) is 22.9 Å². The van der Waals surface area contributed by atoms with E-state index in [0.717, 1.165) is 30.2 Å². The minimum Gasteiger partial charge on any atom is -0.480 e. The van der Waals surface area contributed by atoms with Gasteiger partial charge in [0.2, 0.25) is 41.4 Å². The highest BCUT2D eigenvalue weighted by atomic mass is 16.4. The minimum absolute atomic E-state index is 0.0261. The molecule has 0 spiro atoms. The van der Waals surface area contributed by atoms with Crippen molar-refractivity contribution in [2.45, 2.75) is 127 Å². The molecular weight excluding hydrogens is 865 g/mol. The number of carboxylic acids is 1. The zero-order valence-electron chi connectivity index (χ0n) is 37.9. The van der Waals surface area contributed by atoms with Crippen LogP contribution in [0.15, 0.2) is 65.8 Å². The molecule has 0 radical (unpaired) electrons. The molecule has 7 amide bonds. The minimum atomic E-state index is -1.67. The van der Waals surface area contributed by atoms with Crippen molar-refractivity contribution in [3.63, 3.8) is 0 Å². The molecule has 2 aromatic carbocycles. The first-order valence-corrected chi connectivity index (χ1v) is 22.7. The number of carbonyl (C=O) groups excluding carboxylic acids is 7. The summed E-state index contributed by atoms with van der Waals surface area (Å²) in [5.41, 5.74) is 24.1. The van der Waals surface area contributed by atoms with E-state index in [2.05, 4.69) is 41.9 Å². The predicted molar refractivity (Wildman–Crippen MR) is 250 cm³/mol. The van der Waals surface area contributed by atoms with Crippen LogP contribution in [-0.2, 0) is 51.2 Å². The molecule has 4 rings (SSSR count). The maximum atomic E-state index is 14.7. The Hall–Kier alpha value is -7.03. The zero-order chi connectivity index (χ0) is 48.9. The molecule has 364 valence electrons. The van der Waals surface area contributed by atoms with Crippen LogP contribution in [-0.4, -0.2) is 113 Å². The van der Waals surface area contributed by atoms with Crippen molar-refractivity contribution in [1.82, 2.24) is 36.9 Å². The fourth-order valence-electron chi connectivity index (χ4n) is 8.19. The van der Waals surface area contributed by atoms with E-state index in [0.29, 0.717) is 36.8 Å². The van der Waals surface area contributed by atoms with E-state index in [-0.39, 0.29) is 57.1 Å². The van der Waals surface area contributed by atoms with Gasteiger partial charge < -0.3 is 64.9 Å². The SMILES string of the molecule is CC(=O)NC(C(=O)N[C@@H](CCCN=C(N)N)C(=O)N[C@@H](Cc1ccccc1)C(=O)N[C@@H](Cc1cccc2[nH]ccc12)C(=O)N[C@@H](CCCCN)C(=O)N[C@@H](CC(N)=O)C(=O)O)C1CCCCC1. The number of aromatic nitrogens is 1. The Morgan fingerprint density at radius 3 is 1.85 bits per heavy atom. The summed E-state index contributed by atoms with van der Waals surface area (Å²) in [6.07, 6.45) is 6.22. The van der Waals surface area contributed by atoms with Gasteiger partial charge in [0.15, 0.2) is 5.96 Å². The summed E-state index contributed by atoms with van der Waals surface area (Å²) >= 11 is 0. The number of fused-ring (bicyclic) bond motifs is 1. The lowest BCUT2D eigenvalue weighted by atomic mass is 9.83. The number of benzene rings is 2. The second kappa shape index (κ2) is 26.8. The summed E-state index contributed by atoms with van der Waals surface area (Å²) in [7, 11) is 0. The number of rotatable bonds is 27. The Bertz CT molecular complexity index is 2190. The van der Waals surface area contributed by atoms with Crippen molar-refractivity contribution in [3.05, 3.63) is 71.9 Å². The van der Waals surface area contributed by atoms with E-state index in [1.165, 1.54) is 6.92 Å². The van der Waals surface area contributed by atoms with E-state index in [1.807, 2.05) is 6.07 Å². The molecule has 1 unspecified atom stereocenters. The standard InChI is InChI=1S/C46H66N12O9/c1-27(59)53-39(29-14-6-3-7-15-29)44(65)55-34(19-11-22-52-46(49)50)40(61)56-35(24-28-12-4-2-5-13-28)42(63)57-36(25-30-16-10-18-32-31(30)20-23-51-32)43(64)54-33(17-8-9-21-47)41(62)58-37(45(66)67)26-38(48)60/h2,4-5,10,12-13,16,18,20,23,29,33-37,39,51H,3,6-9,11,14-15,17,19,21-22,24-26,47H2,1H3,(H2,48,60)(H,53,59)(H,54,64)(H,55,65)(H,56,61)(H,57,63)(H,58,62)(H,66,67)(H4,49,50,52)/t33-,34-,35-,36-,37-,39?/m0/s1. The van der Waals surface area contributed by atoms with Crippen molar-refractivity contribution in [2.24, 2.45) is 33.8 Å². The summed E-state index contributed by atoms with van der Waals surface area (Å²) in [5, 5.41) is 26.6. The molecule has 1 saturated carbocycles. The van der Waals surface area contributed by atoms with Crippen LogP contribution in [0.25, 0.3) is 10.9 Å². The number of hydrogen-bond donors (Lipinski definition) is 12. The smallest absolute Gasteiger partial charge is 0.326 e. The van der Waals surface area contributed by atoms with E-state index in [1.54, 1.807) is 54.7 Å². The quantitative estimate of drug-likeness (QED) is 0.0264. The molecule has 67 heavy (non-hydrogen) atoms. The highest BCUT2D eigenvalue weighted by Crippen LogP contribution is 2.27. The number of aromatic amines is 1. The Balaban J connectivity index is 1.68. The second-order valence-corrected chi connectivity index (χ2v) is 16.9. The van der Waals surface area contributed by atoms with Crippen molar-refractivity contribution < 1.29 is 43.5 Å². The monoisotopic (exact) mass is 931 g/mol. The molecule has 1 fully saturated rings. The van der Waals surface area contributed by atoms with Gasteiger partial charge in [0.1, 0.15) is 36.3 Å². The fraction of sp³-hybridized carbons (Fsp3) is 0.500. The van der Waals surface area contributed by atoms with Gasteiger partial charge in [0.05, 0.1) is 6.42 Å². The number of carboxylic acid groups (broad SMARTS) is 1. The van der Waals surface area contributed by atoms with Crippen molar-refractivity contribution in [3.8, 4) is 0 Å². The van der Waals surface area contributed by atoms with E-state index < -0.39 is 90.0 Å². The van der Waals surface area contributed by atoms with Gasteiger partial charge in [0.25, 0.3) is 0 Å². The van der Waals surface area contributed by atoms with Crippen molar-refractivity contribution >= 4 is 64.2 Å². The third-order valence-electron chi connectivity index (χ3n) is 11.6. The first-order chi connectivity index (χ1) is 32.1. The third kappa shape index (κ3) is 17.4. The van der Waals surface area contributed by atoms with Crippen LogP contribution in [0, 0.1) is 5.92 Å². The van der Waals surface area contributed by atoms with Gasteiger partial charge in [0, 0.05) is 43.4 Å². The number of nitrogens with two attached hydrogens (primary N) is 4. The van der Waals surface area contributed by atoms with E-state index >= 15 is 0 Å². The average Bonchev–Trinajstić information content (AvgIpc) is 3.78. The second-order valence-electron chi connectivity index (χ2n) is 16.9. The van der Waals surface area contributed by atoms with Crippen LogP contribution in [0.4, 0.5) is 0 Å². The van der Waals surface area contributed by atoms with Gasteiger partial charge in [-0.05, 0) is 80.7 Å². The molecule has 16 N–H and O–H groups in total. The Morgan fingerprint density at radius 2 is 1.25 bits per heavy atom. The summed E-state index contributed by atoms with van der Waals surface area (Å²) in [4.78, 5) is 114. The number of amides is 7. The molecule has 21 nitrogen and oxygen atoms in total. The number of aliphatic carboxylic acids is 1. The highest BCUT2D eigenvalue weighted by Gasteiger charge is 2.36. The van der Waals surface area contributed by atoms with Crippen LogP contribution in [0.3, 0.4) is 0 Å². The van der Waals surface area contributed by atoms with Crippen molar-refractivity contribution in [2.75, 3.05) is 13.1 Å². The summed E-state index contributed by atoms with van der Waals surface area (Å²) in [6.45, 7) is 1.72. The van der Waals surface area contributed by atoms with Gasteiger partial charge in [-0.15, -0.1) is 0 Å². The number of nitrogens with zero attached hydrogens (tertiary/aromatic N) is 1. The zero-order valence-corrected chi connectivity index (χ0v) is 37.9. The lowest BCUT2D eigenvalue weighted by Gasteiger charge is -2.31. The van der Waals surface area contributed by atoms with Gasteiger partial charge in [-0.2, -0.15) is 0 Å². The van der Waals surface area contributed by atoms with Crippen LogP contribution in [0.5, 0.6) is 0 Å². The number of primary amides is 1. The average molecular weight is 931 g/mol. The maximum Gasteiger partial charge on any atom is 0.326 e. The maximum absolute atomic E-state index is 14.7. The molecule has 1 heterocycles. The Kier molecular flexibility index (Phi) is 21.0. The van der Waals surface area contributed by atoms with Crippen LogP contribution in [0.2, 0.25) is 0 Å². The molecule has 21 heteroatoms. The van der Waals surface area contributed by atoms with Gasteiger partial charge in [-0.25, -0.2) is 4.79 Å². The van der Waals surface area contributed by atoms with Crippen LogP contribution < -0.4 is 54.8 Å². The van der Waals surface area contributed by atoms with Gasteiger partial charge >= 0.3 is 5.97 Å². The molecular formula is C46H66N12O9. The summed E-state index contributed by atoms with van der Waals surface area (Å²) in [5.74, 6) is -6.96. The summed E-state index contributed by atoms with van der Waals surface area (Å²) in [6, 6.07) is 8.17. The summed E-state index contributed by atoms with van der Waals surface area (Å²) < 4.78 is 0. The first-order valence-electron chi connectivity index (χ1n) is 22.7. The number of hydrogen-bond acceptors (Lipinski definition) is 10. The normalized spacial score (nSPS) is 15.3. The van der Waals surface area contributed by atoms with Gasteiger partial charge in [-0.1, -0.05) is 61.7 Å². The number of guanidine groups is 1. The molecule has 1 aliphatic rings. The Labute approximate surface area is 389 Å². The number of carbonyl (C=O) groups is 8. The Morgan fingerprint density at radius 1 is 0.672 bits per heavy atom. The first kappa shape index (κ1) is 52.6. The fourth-order valence-corrected chi connectivity index (χ4v) is 8.19. The molecule has 0 aliphatic heterocycles. The number of unbranched alkanes of at least 4 members (excludes halogenated alkanes) is 1. The number of nitrogens with one attached hydrogen (secondary N) is 7. The molecule has 0 saturated heterocycles. The lowest BCUT2D eigenvalue weighted by molar-refractivity contribution is -0.143. The third-order valence-corrected chi connectivity index (χ3v) is 11.6. The molecule has 0 bridgehead atoms. The van der Waals surface area contributed by atoms with Gasteiger partial charge in [-0.3, -0.25) is 38.6 Å². The lowest BCUT2D eigenvalue weighted by Crippen LogP contribution is -2.60. The molecule has 1 aromatic heterocycles. The van der Waals surface area contributed by atoms with E-state index in [9.17, 15) is 43.5 Å².